The zero-order chi connectivity index (χ0) is 19.2. The van der Waals surface area contributed by atoms with E-state index < -0.39 is 6.04 Å². The van der Waals surface area contributed by atoms with E-state index in [1.54, 1.807) is 19.4 Å². The summed E-state index contributed by atoms with van der Waals surface area (Å²) >= 11 is 1.39. The lowest BCUT2D eigenvalue weighted by Crippen LogP contribution is -2.31. The lowest BCUT2D eigenvalue weighted by atomic mass is 10.0. The van der Waals surface area contributed by atoms with Gasteiger partial charge in [0.25, 0.3) is 0 Å². The van der Waals surface area contributed by atoms with Crippen LogP contribution in [0.4, 0.5) is 0 Å². The third kappa shape index (κ3) is 4.43. The summed E-state index contributed by atoms with van der Waals surface area (Å²) in [6.45, 7) is 0. The molecule has 1 N–H and O–H groups in total. The Balaban J connectivity index is 1.77. The Morgan fingerprint density at radius 3 is 2.70 bits per heavy atom. The zero-order valence-electron chi connectivity index (χ0n) is 15.2. The Bertz CT molecular complexity index is 918. The number of nitrogens with one attached hydrogen (secondary N) is 1. The first-order valence-corrected chi connectivity index (χ1v) is 9.44. The lowest BCUT2D eigenvalue weighted by molar-refractivity contribution is -0.121. The van der Waals surface area contributed by atoms with Crippen LogP contribution in [-0.4, -0.2) is 28.4 Å². The van der Waals surface area contributed by atoms with Crippen LogP contribution >= 0.6 is 11.3 Å². The van der Waals surface area contributed by atoms with E-state index in [2.05, 4.69) is 10.3 Å². The van der Waals surface area contributed by atoms with Gasteiger partial charge in [-0.1, -0.05) is 24.3 Å². The molecule has 0 saturated heterocycles. The van der Waals surface area contributed by atoms with Crippen molar-refractivity contribution < 1.29 is 14.3 Å². The van der Waals surface area contributed by atoms with Crippen molar-refractivity contribution in [2.45, 2.75) is 18.9 Å². The first-order valence-electron chi connectivity index (χ1n) is 8.56. The first-order chi connectivity index (χ1) is 13.1. The average molecular weight is 383 g/mol. The summed E-state index contributed by atoms with van der Waals surface area (Å²) in [6, 6.07) is 10.6. The minimum atomic E-state index is -0.467. The lowest BCUT2D eigenvalue weighted by Gasteiger charge is -2.21. The molecule has 0 aliphatic rings. The largest absolute Gasteiger partial charge is 0.496 e. The molecule has 0 unspecified atom stereocenters. The Hall–Kier alpha value is -2.93. The van der Waals surface area contributed by atoms with Crippen molar-refractivity contribution in [1.29, 1.82) is 0 Å². The zero-order valence-corrected chi connectivity index (χ0v) is 16.0. The second kappa shape index (κ2) is 8.64. The van der Waals surface area contributed by atoms with Gasteiger partial charge >= 0.3 is 0 Å². The maximum atomic E-state index is 12.6. The molecule has 1 atom stereocenters. The molecule has 0 aliphatic carbocycles. The number of methoxy groups -OCH3 is 1. The molecule has 0 aliphatic heterocycles. The van der Waals surface area contributed by atoms with Crippen LogP contribution in [0.15, 0.2) is 54.2 Å². The highest BCUT2D eigenvalue weighted by molar-refractivity contribution is 7.12. The maximum Gasteiger partial charge on any atom is 0.221 e. The molecule has 6 nitrogen and oxygen atoms in total. The van der Waals surface area contributed by atoms with Crippen LogP contribution in [0.25, 0.3) is 0 Å². The maximum absolute atomic E-state index is 12.6. The number of imidazole rings is 1. The molecule has 3 rings (SSSR count). The van der Waals surface area contributed by atoms with Crippen molar-refractivity contribution in [2.24, 2.45) is 7.05 Å². The fraction of sp³-hybridized carbons (Fsp3) is 0.250. The number of benzene rings is 1. The van der Waals surface area contributed by atoms with Gasteiger partial charge in [-0.2, -0.15) is 0 Å². The summed E-state index contributed by atoms with van der Waals surface area (Å²) in [5, 5.41) is 4.85. The van der Waals surface area contributed by atoms with Crippen molar-refractivity contribution in [1.82, 2.24) is 14.9 Å². The standard InChI is InChI=1S/C20H21N3O3S/c1-23-12-11-21-20(23)19(14-6-3-4-7-16(14)26-2)22-18(25)10-9-15(24)17-8-5-13-27-17/h3-8,11-13,19H,9-10H2,1-2H3,(H,22,25)/t19-/m0/s1. The topological polar surface area (TPSA) is 73.2 Å². The predicted octanol–water partition coefficient (Wildman–Crippen LogP) is 3.36. The highest BCUT2D eigenvalue weighted by atomic mass is 32.1. The van der Waals surface area contributed by atoms with Crippen molar-refractivity contribution in [3.8, 4) is 5.75 Å². The smallest absolute Gasteiger partial charge is 0.221 e. The Labute approximate surface area is 161 Å². The molecule has 2 aromatic heterocycles. The highest BCUT2D eigenvalue weighted by Crippen LogP contribution is 2.29. The van der Waals surface area contributed by atoms with E-state index in [-0.39, 0.29) is 24.5 Å². The van der Waals surface area contributed by atoms with Gasteiger partial charge in [0.05, 0.1) is 12.0 Å². The normalized spacial score (nSPS) is 11.8. The van der Waals surface area contributed by atoms with Crippen molar-refractivity contribution in [3.05, 3.63) is 70.4 Å². The number of aryl methyl sites for hydroxylation is 1. The van der Waals surface area contributed by atoms with E-state index in [1.165, 1.54) is 11.3 Å². The SMILES string of the molecule is COc1ccccc1[C@H](NC(=O)CCC(=O)c1cccs1)c1nccn1C. The van der Waals surface area contributed by atoms with Crippen LogP contribution in [0, 0.1) is 0 Å². The molecule has 0 fully saturated rings. The van der Waals surface area contributed by atoms with Gasteiger partial charge in [-0.05, 0) is 17.5 Å². The van der Waals surface area contributed by atoms with Crippen molar-refractivity contribution in [2.75, 3.05) is 7.11 Å². The highest BCUT2D eigenvalue weighted by Gasteiger charge is 2.24. The van der Waals surface area contributed by atoms with Gasteiger partial charge in [-0.15, -0.1) is 11.3 Å². The molecule has 0 spiro atoms. The molecule has 0 saturated carbocycles. The minimum Gasteiger partial charge on any atom is -0.496 e. The van der Waals surface area contributed by atoms with E-state index >= 15 is 0 Å². The first kappa shape index (κ1) is 18.8. The van der Waals surface area contributed by atoms with Crippen LogP contribution in [0.3, 0.4) is 0 Å². The molecular formula is C20H21N3O3S. The minimum absolute atomic E-state index is 0.0222. The van der Waals surface area contributed by atoms with Crippen molar-refractivity contribution >= 4 is 23.0 Å². The van der Waals surface area contributed by atoms with Crippen LogP contribution in [0.2, 0.25) is 0 Å². The van der Waals surface area contributed by atoms with E-state index in [0.29, 0.717) is 16.5 Å². The third-order valence-electron chi connectivity index (χ3n) is 4.25. The number of aromatic nitrogens is 2. The van der Waals surface area contributed by atoms with Crippen LogP contribution < -0.4 is 10.1 Å². The molecule has 1 aromatic carbocycles. The number of ketones is 1. The number of Topliss-reactive ketones (excluding diaryl/α,β-unsaturated/α-hetero) is 1. The molecule has 140 valence electrons. The van der Waals surface area contributed by atoms with Crippen LogP contribution in [0.1, 0.15) is 39.9 Å². The summed E-state index contributed by atoms with van der Waals surface area (Å²) in [6.07, 6.45) is 3.80. The number of ether oxygens (including phenoxy) is 1. The summed E-state index contributed by atoms with van der Waals surface area (Å²) in [4.78, 5) is 29.8. The number of nitrogens with zero attached hydrogens (tertiary/aromatic N) is 2. The number of rotatable bonds is 8. The fourth-order valence-corrected chi connectivity index (χ4v) is 3.56. The van der Waals surface area contributed by atoms with E-state index in [9.17, 15) is 9.59 Å². The molecule has 2 heterocycles. The number of thiophene rings is 1. The van der Waals surface area contributed by atoms with Gasteiger partial charge in [0.2, 0.25) is 5.91 Å². The average Bonchev–Trinajstić information content (AvgIpc) is 3.36. The molecule has 0 bridgehead atoms. The summed E-state index contributed by atoms with van der Waals surface area (Å²) in [7, 11) is 3.47. The van der Waals surface area contributed by atoms with Gasteiger partial charge in [0.1, 0.15) is 17.6 Å². The molecule has 7 heteroatoms. The molecule has 3 aromatic rings. The van der Waals surface area contributed by atoms with Gasteiger partial charge in [-0.25, -0.2) is 4.98 Å². The van der Waals surface area contributed by atoms with Gasteiger partial charge < -0.3 is 14.6 Å². The number of carbonyl (C=O) groups is 2. The van der Waals surface area contributed by atoms with E-state index in [1.807, 2.05) is 53.5 Å². The Morgan fingerprint density at radius 1 is 1.22 bits per heavy atom. The van der Waals surface area contributed by atoms with Crippen LogP contribution in [0.5, 0.6) is 5.75 Å². The number of para-hydroxylation sites is 1. The monoisotopic (exact) mass is 383 g/mol. The second-order valence-corrected chi connectivity index (χ2v) is 6.99. The van der Waals surface area contributed by atoms with Crippen molar-refractivity contribution in [3.63, 3.8) is 0 Å². The summed E-state index contributed by atoms with van der Waals surface area (Å²) in [5.74, 6) is 1.13. The quantitative estimate of drug-likeness (QED) is 0.606. The Morgan fingerprint density at radius 2 is 2.04 bits per heavy atom. The Kier molecular flexibility index (Phi) is 6.03. The number of amides is 1. The number of hydrogen-bond donors (Lipinski definition) is 1. The fourth-order valence-electron chi connectivity index (χ4n) is 2.86. The van der Waals surface area contributed by atoms with Gasteiger partial charge in [0.15, 0.2) is 5.78 Å². The van der Waals surface area contributed by atoms with Gasteiger partial charge in [-0.3, -0.25) is 9.59 Å². The molecule has 1 amide bonds. The third-order valence-corrected chi connectivity index (χ3v) is 5.16. The number of hydrogen-bond acceptors (Lipinski definition) is 5. The molecule has 27 heavy (non-hydrogen) atoms. The summed E-state index contributed by atoms with van der Waals surface area (Å²) < 4.78 is 7.31. The second-order valence-electron chi connectivity index (χ2n) is 6.04. The van der Waals surface area contributed by atoms with E-state index in [4.69, 9.17) is 4.74 Å². The van der Waals surface area contributed by atoms with Gasteiger partial charge in [0, 0.05) is 37.8 Å². The molecule has 0 radical (unpaired) electrons. The number of carbonyl (C=O) groups excluding carboxylic acids is 2. The molecular weight excluding hydrogens is 362 g/mol. The predicted molar refractivity (Wildman–Crippen MR) is 104 cm³/mol. The summed E-state index contributed by atoms with van der Waals surface area (Å²) in [5.41, 5.74) is 0.812. The van der Waals surface area contributed by atoms with E-state index in [0.717, 1.165) is 5.56 Å². The van der Waals surface area contributed by atoms with Crippen LogP contribution in [-0.2, 0) is 11.8 Å².